The minimum absolute atomic E-state index is 0.601. The molecule has 0 bridgehead atoms. The van der Waals surface area contributed by atoms with Crippen LogP contribution in [0.3, 0.4) is 0 Å². The molecule has 2 aromatic rings. The van der Waals surface area contributed by atoms with Gasteiger partial charge in [0.1, 0.15) is 0 Å². The first-order valence-corrected chi connectivity index (χ1v) is 3.94. The zero-order valence-corrected chi connectivity index (χ0v) is 7.19. The molecule has 2 aromatic heterocycles. The van der Waals surface area contributed by atoms with Gasteiger partial charge >= 0.3 is 0 Å². The molecule has 13 heavy (non-hydrogen) atoms. The third-order valence-corrected chi connectivity index (χ3v) is 1.68. The standard InChI is InChI=1S/C9H9N3O/c1-10-7-5-11-9(12-6-7)8-3-2-4-13-8/h2-6,10H,1H3. The molecular formula is C9H9N3O. The highest BCUT2D eigenvalue weighted by atomic mass is 16.3. The Morgan fingerprint density at radius 3 is 2.62 bits per heavy atom. The number of aromatic nitrogens is 2. The van der Waals surface area contributed by atoms with E-state index < -0.39 is 0 Å². The van der Waals surface area contributed by atoms with Gasteiger partial charge < -0.3 is 9.73 Å². The third-order valence-electron chi connectivity index (χ3n) is 1.68. The van der Waals surface area contributed by atoms with Gasteiger partial charge in [0.2, 0.25) is 0 Å². The lowest BCUT2D eigenvalue weighted by Gasteiger charge is -1.98. The van der Waals surface area contributed by atoms with Crippen molar-refractivity contribution in [3.8, 4) is 11.6 Å². The number of nitrogens with zero attached hydrogens (tertiary/aromatic N) is 2. The fraction of sp³-hybridized carbons (Fsp3) is 0.111. The summed E-state index contributed by atoms with van der Waals surface area (Å²) in [5, 5.41) is 2.94. The molecule has 0 aliphatic carbocycles. The zero-order chi connectivity index (χ0) is 9.10. The summed E-state index contributed by atoms with van der Waals surface area (Å²) >= 11 is 0. The van der Waals surface area contributed by atoms with E-state index in [9.17, 15) is 0 Å². The van der Waals surface area contributed by atoms with Crippen LogP contribution in [0.15, 0.2) is 35.2 Å². The molecule has 0 saturated heterocycles. The highest BCUT2D eigenvalue weighted by molar-refractivity contribution is 5.48. The molecule has 0 aliphatic heterocycles. The largest absolute Gasteiger partial charge is 0.461 e. The number of rotatable bonds is 2. The predicted octanol–water partition coefficient (Wildman–Crippen LogP) is 1.78. The Bertz CT molecular complexity index is 366. The van der Waals surface area contributed by atoms with Crippen molar-refractivity contribution in [2.45, 2.75) is 0 Å². The Labute approximate surface area is 75.6 Å². The summed E-state index contributed by atoms with van der Waals surface area (Å²) in [5.74, 6) is 1.28. The first-order valence-electron chi connectivity index (χ1n) is 3.94. The maximum absolute atomic E-state index is 5.15. The van der Waals surface area contributed by atoms with Gasteiger partial charge in [-0.3, -0.25) is 0 Å². The first kappa shape index (κ1) is 7.79. The summed E-state index contributed by atoms with van der Waals surface area (Å²) in [5.41, 5.74) is 0.885. The highest BCUT2D eigenvalue weighted by Crippen LogP contribution is 2.14. The molecule has 0 saturated carbocycles. The average Bonchev–Trinajstić information content (AvgIpc) is 2.71. The summed E-state index contributed by atoms with van der Waals surface area (Å²) in [4.78, 5) is 8.25. The molecule has 2 rings (SSSR count). The van der Waals surface area contributed by atoms with Crippen LogP contribution < -0.4 is 5.32 Å². The quantitative estimate of drug-likeness (QED) is 0.755. The Kier molecular flexibility index (Phi) is 1.96. The van der Waals surface area contributed by atoms with Crippen molar-refractivity contribution in [2.75, 3.05) is 12.4 Å². The molecule has 0 spiro atoms. The van der Waals surface area contributed by atoms with Crippen molar-refractivity contribution in [3.05, 3.63) is 30.8 Å². The van der Waals surface area contributed by atoms with Gasteiger partial charge in [-0.1, -0.05) is 0 Å². The number of furan rings is 1. The van der Waals surface area contributed by atoms with Crippen LogP contribution in [-0.4, -0.2) is 17.0 Å². The molecule has 0 amide bonds. The number of nitrogens with one attached hydrogen (secondary N) is 1. The molecule has 4 nitrogen and oxygen atoms in total. The van der Waals surface area contributed by atoms with E-state index in [1.54, 1.807) is 18.7 Å². The topological polar surface area (TPSA) is 51.0 Å². The van der Waals surface area contributed by atoms with E-state index in [0.29, 0.717) is 11.6 Å². The Morgan fingerprint density at radius 1 is 1.31 bits per heavy atom. The Balaban J connectivity index is 2.33. The third kappa shape index (κ3) is 1.51. The van der Waals surface area contributed by atoms with Crippen molar-refractivity contribution >= 4 is 5.69 Å². The van der Waals surface area contributed by atoms with Gasteiger partial charge in [-0.05, 0) is 12.1 Å². The molecular weight excluding hydrogens is 166 g/mol. The summed E-state index contributed by atoms with van der Waals surface area (Å²) in [6, 6.07) is 3.64. The second-order valence-corrected chi connectivity index (χ2v) is 2.52. The molecule has 0 fully saturated rings. The van der Waals surface area contributed by atoms with Crippen LogP contribution in [0.2, 0.25) is 0 Å². The second kappa shape index (κ2) is 3.26. The van der Waals surface area contributed by atoms with Gasteiger partial charge in [0.15, 0.2) is 11.6 Å². The minimum Gasteiger partial charge on any atom is -0.461 e. The average molecular weight is 175 g/mol. The van der Waals surface area contributed by atoms with Crippen LogP contribution in [0.25, 0.3) is 11.6 Å². The molecule has 2 heterocycles. The van der Waals surface area contributed by atoms with Crippen molar-refractivity contribution in [1.82, 2.24) is 9.97 Å². The van der Waals surface area contributed by atoms with Gasteiger partial charge in [0, 0.05) is 7.05 Å². The van der Waals surface area contributed by atoms with Crippen molar-refractivity contribution < 1.29 is 4.42 Å². The number of hydrogen-bond donors (Lipinski definition) is 1. The number of anilines is 1. The predicted molar refractivity (Wildman–Crippen MR) is 49.3 cm³/mol. The fourth-order valence-corrected chi connectivity index (χ4v) is 0.990. The van der Waals surface area contributed by atoms with E-state index in [-0.39, 0.29) is 0 Å². The van der Waals surface area contributed by atoms with Crippen molar-refractivity contribution in [2.24, 2.45) is 0 Å². The van der Waals surface area contributed by atoms with Crippen LogP contribution in [0, 0.1) is 0 Å². The number of hydrogen-bond acceptors (Lipinski definition) is 4. The lowest BCUT2D eigenvalue weighted by atomic mass is 10.4. The van der Waals surface area contributed by atoms with Gasteiger partial charge in [-0.25, -0.2) is 9.97 Å². The monoisotopic (exact) mass is 175 g/mol. The maximum Gasteiger partial charge on any atom is 0.195 e. The SMILES string of the molecule is CNc1cnc(-c2ccco2)nc1. The van der Waals surface area contributed by atoms with E-state index >= 15 is 0 Å². The normalized spacial score (nSPS) is 9.92. The van der Waals surface area contributed by atoms with Gasteiger partial charge in [0.05, 0.1) is 24.3 Å². The van der Waals surface area contributed by atoms with Crippen LogP contribution in [0.5, 0.6) is 0 Å². The lowest BCUT2D eigenvalue weighted by molar-refractivity contribution is 0.577. The summed E-state index contributed by atoms with van der Waals surface area (Å²) in [7, 11) is 1.82. The smallest absolute Gasteiger partial charge is 0.195 e. The maximum atomic E-state index is 5.15. The highest BCUT2D eigenvalue weighted by Gasteiger charge is 2.02. The van der Waals surface area contributed by atoms with E-state index in [4.69, 9.17) is 4.42 Å². The molecule has 0 aliphatic rings. The van der Waals surface area contributed by atoms with Crippen LogP contribution in [0.1, 0.15) is 0 Å². The van der Waals surface area contributed by atoms with Crippen molar-refractivity contribution in [3.63, 3.8) is 0 Å². The Hall–Kier alpha value is -1.84. The van der Waals surface area contributed by atoms with Gasteiger partial charge in [0.25, 0.3) is 0 Å². The lowest BCUT2D eigenvalue weighted by Crippen LogP contribution is -1.92. The van der Waals surface area contributed by atoms with E-state index in [0.717, 1.165) is 5.69 Å². The van der Waals surface area contributed by atoms with E-state index in [1.165, 1.54) is 0 Å². The molecule has 1 N–H and O–H groups in total. The summed E-state index contributed by atoms with van der Waals surface area (Å²) in [6.07, 6.45) is 5.03. The molecule has 0 radical (unpaired) electrons. The van der Waals surface area contributed by atoms with E-state index in [1.807, 2.05) is 19.2 Å². The molecule has 66 valence electrons. The second-order valence-electron chi connectivity index (χ2n) is 2.52. The Morgan fingerprint density at radius 2 is 2.08 bits per heavy atom. The molecule has 0 aromatic carbocycles. The van der Waals surface area contributed by atoms with E-state index in [2.05, 4.69) is 15.3 Å². The van der Waals surface area contributed by atoms with Crippen LogP contribution in [0.4, 0.5) is 5.69 Å². The first-order chi connectivity index (χ1) is 6.40. The van der Waals surface area contributed by atoms with Gasteiger partial charge in [-0.15, -0.1) is 0 Å². The van der Waals surface area contributed by atoms with Crippen molar-refractivity contribution in [1.29, 1.82) is 0 Å². The summed E-state index contributed by atoms with van der Waals surface area (Å²) < 4.78 is 5.15. The zero-order valence-electron chi connectivity index (χ0n) is 7.19. The fourth-order valence-electron chi connectivity index (χ4n) is 0.990. The minimum atomic E-state index is 0.601. The van der Waals surface area contributed by atoms with Gasteiger partial charge in [-0.2, -0.15) is 0 Å². The molecule has 0 unspecified atom stereocenters. The van der Waals surface area contributed by atoms with Crippen LogP contribution >= 0.6 is 0 Å². The summed E-state index contributed by atoms with van der Waals surface area (Å²) in [6.45, 7) is 0. The molecule has 4 heteroatoms. The molecule has 0 atom stereocenters. The van der Waals surface area contributed by atoms with Crippen LogP contribution in [-0.2, 0) is 0 Å².